The topological polar surface area (TPSA) is 71.1 Å². The second-order valence-electron chi connectivity index (χ2n) is 8.16. The summed E-state index contributed by atoms with van der Waals surface area (Å²) in [5.41, 5.74) is 2.66. The first-order valence-corrected chi connectivity index (χ1v) is 11.1. The van der Waals surface area contributed by atoms with E-state index >= 15 is 0 Å². The molecule has 1 heterocycles. The largest absolute Gasteiger partial charge is 0.416 e. The average molecular weight is 489 g/mol. The standard InChI is InChI=1S/C28H22F3N3O2/c1-18-5-4-8-25(32-18)34-26(35)17-19-9-15-22(16-10-19)33-27(36)24-7-3-2-6-23(24)20-11-13-21(14-12-20)28(29,30)31/h2-16H,17H2,1H3,(H,33,36)(H,32,34,35). The van der Waals surface area contributed by atoms with Crippen LogP contribution in [0.4, 0.5) is 24.7 Å². The van der Waals surface area contributed by atoms with E-state index in [9.17, 15) is 22.8 Å². The fraction of sp³-hybridized carbons (Fsp3) is 0.107. The Balaban J connectivity index is 1.43. The van der Waals surface area contributed by atoms with Gasteiger partial charge in [0.2, 0.25) is 5.91 Å². The van der Waals surface area contributed by atoms with Gasteiger partial charge in [0.1, 0.15) is 5.82 Å². The Morgan fingerprint density at radius 3 is 2.17 bits per heavy atom. The van der Waals surface area contributed by atoms with Gasteiger partial charge in [0, 0.05) is 16.9 Å². The van der Waals surface area contributed by atoms with Crippen LogP contribution in [0.15, 0.2) is 91.0 Å². The van der Waals surface area contributed by atoms with Crippen molar-refractivity contribution >= 4 is 23.3 Å². The third-order valence-corrected chi connectivity index (χ3v) is 5.43. The lowest BCUT2D eigenvalue weighted by Gasteiger charge is -2.12. The Morgan fingerprint density at radius 2 is 1.50 bits per heavy atom. The number of carbonyl (C=O) groups excluding carboxylic acids is 2. The van der Waals surface area contributed by atoms with Crippen LogP contribution >= 0.6 is 0 Å². The maximum Gasteiger partial charge on any atom is 0.416 e. The highest BCUT2D eigenvalue weighted by Gasteiger charge is 2.30. The third-order valence-electron chi connectivity index (χ3n) is 5.43. The molecule has 36 heavy (non-hydrogen) atoms. The minimum atomic E-state index is -4.43. The zero-order chi connectivity index (χ0) is 25.7. The molecular weight excluding hydrogens is 467 g/mol. The van der Waals surface area contributed by atoms with E-state index in [1.807, 2.05) is 19.1 Å². The van der Waals surface area contributed by atoms with Gasteiger partial charge >= 0.3 is 6.18 Å². The molecular formula is C28H22F3N3O2. The van der Waals surface area contributed by atoms with Crippen LogP contribution in [0.1, 0.15) is 27.2 Å². The molecule has 2 amide bonds. The first-order valence-electron chi connectivity index (χ1n) is 11.1. The lowest BCUT2D eigenvalue weighted by atomic mass is 9.98. The van der Waals surface area contributed by atoms with Crippen LogP contribution in [0.25, 0.3) is 11.1 Å². The normalized spacial score (nSPS) is 11.1. The first-order chi connectivity index (χ1) is 17.2. The fourth-order valence-electron chi connectivity index (χ4n) is 3.66. The number of carbonyl (C=O) groups is 2. The van der Waals surface area contributed by atoms with E-state index in [2.05, 4.69) is 15.6 Å². The van der Waals surface area contributed by atoms with Crippen molar-refractivity contribution in [3.8, 4) is 11.1 Å². The van der Waals surface area contributed by atoms with Crippen LogP contribution in [0, 0.1) is 6.92 Å². The number of aryl methyl sites for hydroxylation is 1. The number of aromatic nitrogens is 1. The fourth-order valence-corrected chi connectivity index (χ4v) is 3.66. The molecule has 3 aromatic carbocycles. The van der Waals surface area contributed by atoms with Gasteiger partial charge in [0.05, 0.1) is 12.0 Å². The van der Waals surface area contributed by atoms with E-state index in [0.717, 1.165) is 23.4 Å². The molecule has 0 aliphatic rings. The molecule has 0 spiro atoms. The smallest absolute Gasteiger partial charge is 0.322 e. The van der Waals surface area contributed by atoms with Crippen LogP contribution in [-0.4, -0.2) is 16.8 Å². The van der Waals surface area contributed by atoms with Crippen molar-refractivity contribution in [1.29, 1.82) is 0 Å². The molecule has 4 aromatic rings. The summed E-state index contributed by atoms with van der Waals surface area (Å²) in [6, 6.07) is 23.6. The highest BCUT2D eigenvalue weighted by Crippen LogP contribution is 2.32. The molecule has 1 aromatic heterocycles. The first kappa shape index (κ1) is 24.7. The van der Waals surface area contributed by atoms with E-state index in [4.69, 9.17) is 0 Å². The molecule has 0 fully saturated rings. The van der Waals surface area contributed by atoms with Gasteiger partial charge in [-0.3, -0.25) is 9.59 Å². The van der Waals surface area contributed by atoms with Crippen molar-refractivity contribution in [2.45, 2.75) is 19.5 Å². The summed E-state index contributed by atoms with van der Waals surface area (Å²) in [6.45, 7) is 1.84. The van der Waals surface area contributed by atoms with Crippen LogP contribution < -0.4 is 10.6 Å². The number of hydrogen-bond donors (Lipinski definition) is 2. The van der Waals surface area contributed by atoms with Crippen molar-refractivity contribution in [2.24, 2.45) is 0 Å². The summed E-state index contributed by atoms with van der Waals surface area (Å²) in [6.07, 6.45) is -4.29. The third kappa shape index (κ3) is 6.15. The van der Waals surface area contributed by atoms with E-state index in [-0.39, 0.29) is 12.3 Å². The Hall–Kier alpha value is -4.46. The molecule has 2 N–H and O–H groups in total. The van der Waals surface area contributed by atoms with Gasteiger partial charge in [-0.25, -0.2) is 4.98 Å². The Bertz CT molecular complexity index is 1380. The highest BCUT2D eigenvalue weighted by atomic mass is 19.4. The molecule has 8 heteroatoms. The van der Waals surface area contributed by atoms with Crippen molar-refractivity contribution in [1.82, 2.24) is 4.98 Å². The monoisotopic (exact) mass is 489 g/mol. The molecule has 5 nitrogen and oxygen atoms in total. The summed E-state index contributed by atoms with van der Waals surface area (Å²) in [5.74, 6) is -0.132. The summed E-state index contributed by atoms with van der Waals surface area (Å²) >= 11 is 0. The number of nitrogens with one attached hydrogen (secondary N) is 2. The molecule has 0 bridgehead atoms. The molecule has 0 atom stereocenters. The van der Waals surface area contributed by atoms with Crippen molar-refractivity contribution in [3.05, 3.63) is 113 Å². The molecule has 0 unspecified atom stereocenters. The predicted molar refractivity (Wildman–Crippen MR) is 133 cm³/mol. The zero-order valence-electron chi connectivity index (χ0n) is 19.3. The maximum absolute atomic E-state index is 13.0. The minimum Gasteiger partial charge on any atom is -0.322 e. The number of alkyl halides is 3. The molecule has 0 aliphatic carbocycles. The number of halogens is 3. The van der Waals surface area contributed by atoms with E-state index in [0.29, 0.717) is 28.2 Å². The molecule has 0 saturated heterocycles. The van der Waals surface area contributed by atoms with Gasteiger partial charge in [-0.2, -0.15) is 13.2 Å². The number of amides is 2. The van der Waals surface area contributed by atoms with E-state index in [1.165, 1.54) is 12.1 Å². The van der Waals surface area contributed by atoms with Crippen LogP contribution in [0.2, 0.25) is 0 Å². The summed E-state index contributed by atoms with van der Waals surface area (Å²) in [4.78, 5) is 29.5. The number of hydrogen-bond acceptors (Lipinski definition) is 3. The number of rotatable bonds is 6. The second-order valence-corrected chi connectivity index (χ2v) is 8.16. The maximum atomic E-state index is 13.0. The summed E-state index contributed by atoms with van der Waals surface area (Å²) in [5, 5.41) is 5.55. The highest BCUT2D eigenvalue weighted by molar-refractivity contribution is 6.08. The lowest BCUT2D eigenvalue weighted by molar-refractivity contribution is -0.137. The number of anilines is 2. The van der Waals surface area contributed by atoms with E-state index < -0.39 is 17.6 Å². The summed E-state index contributed by atoms with van der Waals surface area (Å²) < 4.78 is 38.7. The van der Waals surface area contributed by atoms with Gasteiger partial charge in [-0.05, 0) is 66.1 Å². The minimum absolute atomic E-state index is 0.139. The number of nitrogens with zero attached hydrogens (tertiary/aromatic N) is 1. The van der Waals surface area contributed by atoms with Crippen LogP contribution in [0.5, 0.6) is 0 Å². The Labute approximate surface area is 206 Å². The predicted octanol–water partition coefficient (Wildman–Crippen LogP) is 6.51. The van der Waals surface area contributed by atoms with Crippen LogP contribution in [-0.2, 0) is 17.4 Å². The molecule has 4 rings (SSSR count). The molecule has 0 radical (unpaired) electrons. The van der Waals surface area contributed by atoms with Gasteiger partial charge < -0.3 is 10.6 Å². The average Bonchev–Trinajstić information content (AvgIpc) is 2.85. The number of pyridine rings is 1. The number of benzene rings is 3. The van der Waals surface area contributed by atoms with Crippen molar-refractivity contribution in [2.75, 3.05) is 10.6 Å². The molecule has 0 saturated carbocycles. The SMILES string of the molecule is Cc1cccc(NC(=O)Cc2ccc(NC(=O)c3ccccc3-c3ccc(C(F)(F)F)cc3)cc2)n1. The van der Waals surface area contributed by atoms with Crippen molar-refractivity contribution in [3.63, 3.8) is 0 Å². The summed E-state index contributed by atoms with van der Waals surface area (Å²) in [7, 11) is 0. The zero-order valence-corrected chi connectivity index (χ0v) is 19.3. The van der Waals surface area contributed by atoms with Gasteiger partial charge in [-0.1, -0.05) is 48.5 Å². The van der Waals surface area contributed by atoms with Crippen LogP contribution in [0.3, 0.4) is 0 Å². The quantitative estimate of drug-likeness (QED) is 0.324. The lowest BCUT2D eigenvalue weighted by Crippen LogP contribution is -2.16. The van der Waals surface area contributed by atoms with E-state index in [1.54, 1.807) is 54.6 Å². The van der Waals surface area contributed by atoms with Crippen molar-refractivity contribution < 1.29 is 22.8 Å². The molecule has 182 valence electrons. The Morgan fingerprint density at radius 1 is 0.806 bits per heavy atom. The van der Waals surface area contributed by atoms with Gasteiger partial charge in [0.25, 0.3) is 5.91 Å². The van der Waals surface area contributed by atoms with Gasteiger partial charge in [0.15, 0.2) is 0 Å². The Kier molecular flexibility index (Phi) is 7.15. The molecule has 0 aliphatic heterocycles. The van der Waals surface area contributed by atoms with Gasteiger partial charge in [-0.15, -0.1) is 0 Å². The second kappa shape index (κ2) is 10.4.